The summed E-state index contributed by atoms with van der Waals surface area (Å²) >= 11 is 7.12. The number of nitrogens with two attached hydrogens (primary N) is 1. The maximum atomic E-state index is 14.5. The highest BCUT2D eigenvalue weighted by Crippen LogP contribution is 2.31. The van der Waals surface area contributed by atoms with Crippen molar-refractivity contribution in [1.82, 2.24) is 47.9 Å². The Kier molecular flexibility index (Phi) is 29.7. The summed E-state index contributed by atoms with van der Waals surface area (Å²) < 4.78 is 0. The molecule has 0 saturated heterocycles. The number of carboxylic acids is 2. The third kappa shape index (κ3) is 25.5. The summed E-state index contributed by atoms with van der Waals surface area (Å²) in [7, 11) is 0. The number of hydrogen-bond donors (Lipinski definition) is 13. The van der Waals surface area contributed by atoms with Crippen LogP contribution >= 0.6 is 23.4 Å². The van der Waals surface area contributed by atoms with Crippen molar-refractivity contribution in [2.75, 3.05) is 19.6 Å². The van der Waals surface area contributed by atoms with Crippen LogP contribution in [0.5, 0.6) is 5.75 Å². The van der Waals surface area contributed by atoms with Gasteiger partial charge in [-0.2, -0.15) is 0 Å². The summed E-state index contributed by atoms with van der Waals surface area (Å²) in [6.07, 6.45) is -1.85. The van der Waals surface area contributed by atoms with Crippen molar-refractivity contribution in [3.63, 3.8) is 0 Å². The van der Waals surface area contributed by atoms with E-state index in [0.717, 1.165) is 11.8 Å². The largest absolute Gasteiger partial charge is 0.508 e. The number of hydrogen-bond acceptors (Lipinski definition) is 14. The molecule has 0 radical (unpaired) electrons. The first-order valence-corrected chi connectivity index (χ1v) is 28.5. The van der Waals surface area contributed by atoms with E-state index in [0.29, 0.717) is 21.0 Å². The van der Waals surface area contributed by atoms with Crippen molar-refractivity contribution in [3.05, 3.63) is 95.0 Å². The normalized spacial score (nSPS) is 13.5. The Balaban J connectivity index is 1.91. The van der Waals surface area contributed by atoms with Gasteiger partial charge >= 0.3 is 11.9 Å². The van der Waals surface area contributed by atoms with Gasteiger partial charge < -0.3 is 68.9 Å². The molecule has 0 heterocycles. The number of amides is 10. The summed E-state index contributed by atoms with van der Waals surface area (Å²) in [6.45, 7) is 8.91. The number of unbranched alkanes of at least 4 members (excludes halogenated alkanes) is 1. The number of nitrogens with one attached hydrogen (secondary N) is 9. The molecule has 0 aliphatic heterocycles. The molecule has 10 amide bonds. The molecule has 0 aliphatic carbocycles. The van der Waals surface area contributed by atoms with Crippen LogP contribution < -0.4 is 53.6 Å². The van der Waals surface area contributed by atoms with E-state index in [2.05, 4.69) is 47.9 Å². The van der Waals surface area contributed by atoms with Gasteiger partial charge in [0.2, 0.25) is 53.2 Å². The number of benzene rings is 3. The lowest BCUT2D eigenvalue weighted by atomic mass is 9.99. The topological polar surface area (TPSA) is 400 Å². The zero-order valence-electron chi connectivity index (χ0n) is 47.7. The summed E-state index contributed by atoms with van der Waals surface area (Å²) in [5.74, 6) is -12.0. The van der Waals surface area contributed by atoms with Crippen LogP contribution in [-0.4, -0.2) is 147 Å². The maximum Gasteiger partial charge on any atom is 0.317 e. The fraction of sp³-hybridized carbons (Fsp3) is 0.474. The molecule has 0 spiro atoms. The Morgan fingerprint density at radius 3 is 1.65 bits per heavy atom. The van der Waals surface area contributed by atoms with Crippen LogP contribution in [0.15, 0.2) is 83.8 Å². The highest BCUT2D eigenvalue weighted by Gasteiger charge is 2.35. The van der Waals surface area contributed by atoms with Crippen molar-refractivity contribution >= 4 is 94.4 Å². The highest BCUT2D eigenvalue weighted by atomic mass is 35.5. The molecular weight excluding hydrogens is 1130 g/mol. The van der Waals surface area contributed by atoms with Crippen molar-refractivity contribution in [1.29, 1.82) is 0 Å². The van der Waals surface area contributed by atoms with E-state index in [1.165, 1.54) is 24.3 Å². The predicted octanol–water partition coefficient (Wildman–Crippen LogP) is 1.67. The monoisotopic (exact) mass is 1210 g/mol. The van der Waals surface area contributed by atoms with Crippen molar-refractivity contribution in [3.8, 4) is 5.75 Å². The minimum Gasteiger partial charge on any atom is -0.508 e. The lowest BCUT2D eigenvalue weighted by Gasteiger charge is -2.28. The smallest absolute Gasteiger partial charge is 0.317 e. The molecule has 7 atom stereocenters. The van der Waals surface area contributed by atoms with E-state index in [1.54, 1.807) is 96.1 Å². The number of phenols is 1. The quantitative estimate of drug-likeness (QED) is 0.0291. The molecule has 25 nitrogen and oxygen atoms in total. The highest BCUT2D eigenvalue weighted by molar-refractivity contribution is 8.00. The molecule has 0 saturated carbocycles. The van der Waals surface area contributed by atoms with Gasteiger partial charge in [-0.15, -0.1) is 11.8 Å². The molecule has 84 heavy (non-hydrogen) atoms. The van der Waals surface area contributed by atoms with Crippen LogP contribution in [0, 0.1) is 17.8 Å². The first-order valence-electron chi connectivity index (χ1n) is 27.3. The van der Waals surface area contributed by atoms with Crippen LogP contribution in [0.1, 0.15) is 102 Å². The fourth-order valence-corrected chi connectivity index (χ4v) is 9.42. The van der Waals surface area contributed by atoms with Gasteiger partial charge in [-0.25, -0.2) is 0 Å². The van der Waals surface area contributed by atoms with Gasteiger partial charge in [0, 0.05) is 36.3 Å². The second kappa shape index (κ2) is 35.7. The van der Waals surface area contributed by atoms with E-state index < -0.39 is 157 Å². The van der Waals surface area contributed by atoms with E-state index in [1.807, 2.05) is 0 Å². The Bertz CT molecular complexity index is 2770. The van der Waals surface area contributed by atoms with Crippen molar-refractivity contribution in [2.45, 2.75) is 139 Å². The van der Waals surface area contributed by atoms with E-state index in [-0.39, 0.29) is 50.3 Å². The number of aromatic hydroxyl groups is 1. The Morgan fingerprint density at radius 1 is 0.560 bits per heavy atom. The number of thioether (sulfide) groups is 1. The fourth-order valence-electron chi connectivity index (χ4n) is 8.17. The molecule has 0 fully saturated rings. The van der Waals surface area contributed by atoms with Crippen LogP contribution in [0.4, 0.5) is 0 Å². The molecule has 3 aromatic rings. The zero-order valence-corrected chi connectivity index (χ0v) is 49.2. The molecule has 3 aromatic carbocycles. The molecule has 0 aromatic heterocycles. The second-order valence-electron chi connectivity index (χ2n) is 20.8. The Labute approximate surface area is 496 Å². The average Bonchev–Trinajstić information content (AvgIpc) is 3.52. The van der Waals surface area contributed by atoms with Crippen LogP contribution in [0.3, 0.4) is 0 Å². The van der Waals surface area contributed by atoms with Crippen LogP contribution in [-0.2, 0) is 59.2 Å². The number of phenolic OH excluding ortho intramolecular Hbond substituents is 1. The number of carbonyl (C=O) groups excluding carboxylic acids is 10. The number of carbonyl (C=O) groups is 12. The van der Waals surface area contributed by atoms with E-state index >= 15 is 0 Å². The molecular formula is C57H77ClN10O15S. The number of rotatable bonds is 36. The Hall–Kier alpha value is -8.26. The lowest BCUT2D eigenvalue weighted by Crippen LogP contribution is -2.60. The molecule has 0 unspecified atom stereocenters. The van der Waals surface area contributed by atoms with Crippen LogP contribution in [0.25, 0.3) is 0 Å². The van der Waals surface area contributed by atoms with Crippen molar-refractivity contribution in [2.24, 2.45) is 23.5 Å². The standard InChI is InChI=1S/C57H77ClN10O15S/c1-31(2)26-40(66-56(81)49(33(5)6)68-46(72)29-61-51(76)35-14-8-7-9-15-35)55(80)63-38(17-12-13-25-60-44(70)28-43(57(82)83)84-42-18-11-10-16-37(42)58)53(78)64-39(23-24-47(73)74)54(79)65-41(27-34-19-21-36(69)22-20-34)52(77)62-30-45(71)67-48(32(3)4)50(59)75/h7-11,14-16,18-22,31-33,38-41,43,48-49,69H,12-13,17,23-30H2,1-6H3,(H2,59,75)(H,60,70)(H,61,76)(H,62,77)(H,63,80)(H,64,78)(H,65,79)(H,66,81)(H,67,71)(H,68,72)(H,73,74)(H,82,83)/t38-,39-,40-,41-,43+,48-,49-/m0/s1. The summed E-state index contributed by atoms with van der Waals surface area (Å²) in [6, 6.07) is 11.8. The van der Waals surface area contributed by atoms with E-state index in [4.69, 9.17) is 17.3 Å². The third-order valence-electron chi connectivity index (χ3n) is 12.7. The van der Waals surface area contributed by atoms with Crippen molar-refractivity contribution < 1.29 is 72.9 Å². The van der Waals surface area contributed by atoms with Gasteiger partial charge in [0.25, 0.3) is 5.91 Å². The summed E-state index contributed by atoms with van der Waals surface area (Å²) in [5, 5.41) is 51.5. The van der Waals surface area contributed by atoms with Gasteiger partial charge in [-0.3, -0.25) is 57.5 Å². The lowest BCUT2D eigenvalue weighted by molar-refractivity contribution is -0.139. The molecule has 14 N–H and O–H groups in total. The van der Waals surface area contributed by atoms with Gasteiger partial charge in [-0.1, -0.05) is 95.6 Å². The number of halogens is 1. The molecule has 458 valence electrons. The molecule has 0 bridgehead atoms. The number of carboxylic acid groups (broad SMARTS) is 2. The van der Waals surface area contributed by atoms with Gasteiger partial charge in [-0.05, 0) is 91.8 Å². The summed E-state index contributed by atoms with van der Waals surface area (Å²) in [5.41, 5.74) is 6.13. The maximum absolute atomic E-state index is 14.5. The second-order valence-corrected chi connectivity index (χ2v) is 22.5. The van der Waals surface area contributed by atoms with Gasteiger partial charge in [0.05, 0.1) is 18.1 Å². The first-order chi connectivity index (χ1) is 39.6. The van der Waals surface area contributed by atoms with Crippen LogP contribution in [0.2, 0.25) is 5.02 Å². The number of aliphatic carboxylic acids is 2. The first kappa shape index (κ1) is 70.0. The van der Waals surface area contributed by atoms with E-state index in [9.17, 15) is 72.9 Å². The molecule has 27 heteroatoms. The predicted molar refractivity (Wildman–Crippen MR) is 311 cm³/mol. The minimum atomic E-state index is -1.70. The average molecular weight is 1210 g/mol. The zero-order chi connectivity index (χ0) is 62.6. The minimum absolute atomic E-state index is 0.00910. The molecule has 0 aliphatic rings. The van der Waals surface area contributed by atoms with Gasteiger partial charge in [0.1, 0.15) is 47.3 Å². The molecule has 3 rings (SSSR count). The number of primary amides is 1. The summed E-state index contributed by atoms with van der Waals surface area (Å²) in [4.78, 5) is 159. The van der Waals surface area contributed by atoms with Gasteiger partial charge in [0.15, 0.2) is 0 Å². The third-order valence-corrected chi connectivity index (χ3v) is 14.4. The Morgan fingerprint density at radius 2 is 1.10 bits per heavy atom. The SMILES string of the molecule is CC(C)C[C@H](NC(=O)[C@@H](NC(=O)CNC(=O)c1ccccc1)C(C)C)C(=O)N[C@@H](CCCCNC(=O)C[C@@H](Sc1ccccc1Cl)C(=O)O)C(=O)N[C@@H](CCC(=O)O)C(=O)N[C@@H](Cc1ccc(O)cc1)C(=O)NCC(=O)N[C@H](C(N)=O)C(C)C.